The Bertz CT molecular complexity index is 1250. The van der Waals surface area contributed by atoms with Crippen LogP contribution in [-0.4, -0.2) is 34.2 Å². The molecule has 0 spiro atoms. The SMILES string of the molecule is CCOC(=O)C1=C(Nc2ccc(C(N)=O)cc2)O/C(=C\c2c[nH]c3ncccc23)C1=O. The summed E-state index contributed by atoms with van der Waals surface area (Å²) in [4.78, 5) is 43.9. The van der Waals surface area contributed by atoms with Crippen molar-refractivity contribution < 1.29 is 23.9 Å². The standard InChI is InChI=1S/C22H18N4O5/c1-2-30-22(29)17-18(27)16(10-13-11-25-20-15(13)4-3-9-24-20)31-21(17)26-14-7-5-12(6-8-14)19(23)28/h3-11,26H,2H2,1H3,(H2,23,28)(H,24,25)/b16-10-. The molecule has 3 heterocycles. The number of rotatable bonds is 6. The Morgan fingerprint density at radius 3 is 2.74 bits per heavy atom. The number of primary amides is 1. The molecule has 0 atom stereocenters. The second kappa shape index (κ2) is 8.15. The van der Waals surface area contributed by atoms with E-state index in [2.05, 4.69) is 15.3 Å². The van der Waals surface area contributed by atoms with E-state index in [0.29, 0.717) is 22.5 Å². The number of ether oxygens (including phenoxy) is 2. The highest BCUT2D eigenvalue weighted by molar-refractivity contribution is 6.26. The summed E-state index contributed by atoms with van der Waals surface area (Å²) in [5.74, 6) is -2.06. The van der Waals surface area contributed by atoms with Crippen molar-refractivity contribution in [3.63, 3.8) is 0 Å². The number of nitrogens with two attached hydrogens (primary N) is 1. The third kappa shape index (κ3) is 3.88. The zero-order valence-corrected chi connectivity index (χ0v) is 16.5. The Morgan fingerprint density at radius 1 is 1.26 bits per heavy atom. The van der Waals surface area contributed by atoms with Crippen molar-refractivity contribution in [2.45, 2.75) is 6.92 Å². The highest BCUT2D eigenvalue weighted by Crippen LogP contribution is 2.30. The number of anilines is 1. The number of H-pyrrole nitrogens is 1. The van der Waals surface area contributed by atoms with Gasteiger partial charge in [0.05, 0.1) is 6.61 Å². The number of carbonyl (C=O) groups is 3. The van der Waals surface area contributed by atoms with Crippen LogP contribution in [0, 0.1) is 0 Å². The van der Waals surface area contributed by atoms with Crippen molar-refractivity contribution in [3.8, 4) is 0 Å². The molecule has 1 amide bonds. The molecule has 0 bridgehead atoms. The first-order valence-corrected chi connectivity index (χ1v) is 9.42. The van der Waals surface area contributed by atoms with E-state index in [1.807, 2.05) is 6.07 Å². The van der Waals surface area contributed by atoms with E-state index < -0.39 is 17.7 Å². The van der Waals surface area contributed by atoms with E-state index in [0.717, 1.165) is 5.39 Å². The minimum Gasteiger partial charge on any atom is -0.462 e. The number of aromatic amines is 1. The van der Waals surface area contributed by atoms with Crippen LogP contribution < -0.4 is 11.1 Å². The van der Waals surface area contributed by atoms with Gasteiger partial charge < -0.3 is 25.5 Å². The highest BCUT2D eigenvalue weighted by atomic mass is 16.5. The van der Waals surface area contributed by atoms with Crippen LogP contribution in [0.3, 0.4) is 0 Å². The van der Waals surface area contributed by atoms with Gasteiger partial charge in [-0.1, -0.05) is 0 Å². The molecule has 4 rings (SSSR count). The van der Waals surface area contributed by atoms with E-state index in [1.165, 1.54) is 18.2 Å². The van der Waals surface area contributed by atoms with Gasteiger partial charge in [0.1, 0.15) is 5.65 Å². The van der Waals surface area contributed by atoms with Crippen molar-refractivity contribution in [2.75, 3.05) is 11.9 Å². The lowest BCUT2D eigenvalue weighted by atomic mass is 10.1. The zero-order chi connectivity index (χ0) is 22.0. The normalized spacial score (nSPS) is 14.7. The number of fused-ring (bicyclic) bond motifs is 1. The molecular weight excluding hydrogens is 400 g/mol. The fraction of sp³-hybridized carbons (Fsp3) is 0.0909. The number of benzene rings is 1. The van der Waals surface area contributed by atoms with E-state index in [1.54, 1.807) is 37.5 Å². The third-order valence-electron chi connectivity index (χ3n) is 4.57. The maximum Gasteiger partial charge on any atom is 0.347 e. The molecule has 0 saturated carbocycles. The molecule has 156 valence electrons. The molecular formula is C22H18N4O5. The number of aromatic nitrogens is 2. The molecule has 1 aliphatic rings. The van der Waals surface area contributed by atoms with Gasteiger partial charge in [0.2, 0.25) is 17.6 Å². The molecule has 1 aliphatic heterocycles. The van der Waals surface area contributed by atoms with Crippen molar-refractivity contribution in [1.82, 2.24) is 9.97 Å². The van der Waals surface area contributed by atoms with Crippen molar-refractivity contribution in [1.29, 1.82) is 0 Å². The number of allylic oxidation sites excluding steroid dienone is 1. The van der Waals surface area contributed by atoms with Crippen LogP contribution in [-0.2, 0) is 19.1 Å². The summed E-state index contributed by atoms with van der Waals surface area (Å²) in [6.07, 6.45) is 4.88. The molecule has 9 nitrogen and oxygen atoms in total. The molecule has 31 heavy (non-hydrogen) atoms. The van der Waals surface area contributed by atoms with Crippen LogP contribution in [0.15, 0.2) is 66.0 Å². The average Bonchev–Trinajstić information content (AvgIpc) is 3.30. The maximum atomic E-state index is 12.9. The quantitative estimate of drug-likeness (QED) is 0.318. The second-order valence-electron chi connectivity index (χ2n) is 6.57. The lowest BCUT2D eigenvalue weighted by Gasteiger charge is -2.09. The van der Waals surface area contributed by atoms with Crippen LogP contribution in [0.4, 0.5) is 5.69 Å². The van der Waals surface area contributed by atoms with E-state index >= 15 is 0 Å². The second-order valence-corrected chi connectivity index (χ2v) is 6.57. The minimum atomic E-state index is -0.798. The van der Waals surface area contributed by atoms with Gasteiger partial charge in [-0.25, -0.2) is 9.78 Å². The average molecular weight is 418 g/mol. The molecule has 1 aromatic carbocycles. The zero-order valence-electron chi connectivity index (χ0n) is 16.5. The highest BCUT2D eigenvalue weighted by Gasteiger charge is 2.37. The van der Waals surface area contributed by atoms with Gasteiger partial charge in [-0.15, -0.1) is 0 Å². The molecule has 0 aliphatic carbocycles. The summed E-state index contributed by atoms with van der Waals surface area (Å²) in [7, 11) is 0. The monoisotopic (exact) mass is 418 g/mol. The van der Waals surface area contributed by atoms with Crippen molar-refractivity contribution in [3.05, 3.63) is 77.1 Å². The fourth-order valence-corrected chi connectivity index (χ4v) is 3.09. The number of pyridine rings is 1. The molecule has 0 saturated heterocycles. The lowest BCUT2D eigenvalue weighted by Crippen LogP contribution is -2.16. The molecule has 0 radical (unpaired) electrons. The van der Waals surface area contributed by atoms with Gasteiger partial charge in [0, 0.05) is 34.6 Å². The van der Waals surface area contributed by atoms with Gasteiger partial charge in [0.15, 0.2) is 11.3 Å². The Balaban J connectivity index is 1.68. The number of amides is 1. The first kappa shape index (κ1) is 19.9. The number of ketones is 1. The minimum absolute atomic E-state index is 0.0379. The van der Waals surface area contributed by atoms with E-state index in [-0.39, 0.29) is 23.8 Å². The predicted octanol–water partition coefficient (Wildman–Crippen LogP) is 2.49. The van der Waals surface area contributed by atoms with Gasteiger partial charge in [0.25, 0.3) is 0 Å². The topological polar surface area (TPSA) is 136 Å². The predicted molar refractivity (Wildman–Crippen MR) is 112 cm³/mol. The van der Waals surface area contributed by atoms with Gasteiger partial charge in [-0.05, 0) is 49.4 Å². The van der Waals surface area contributed by atoms with Crippen LogP contribution in [0.25, 0.3) is 17.1 Å². The summed E-state index contributed by atoms with van der Waals surface area (Å²) in [5, 5.41) is 3.69. The first-order chi connectivity index (χ1) is 15.0. The fourth-order valence-electron chi connectivity index (χ4n) is 3.09. The smallest absolute Gasteiger partial charge is 0.347 e. The van der Waals surface area contributed by atoms with Crippen LogP contribution >= 0.6 is 0 Å². The Morgan fingerprint density at radius 2 is 2.03 bits per heavy atom. The van der Waals surface area contributed by atoms with E-state index in [9.17, 15) is 14.4 Å². The van der Waals surface area contributed by atoms with Crippen molar-refractivity contribution >= 4 is 40.5 Å². The van der Waals surface area contributed by atoms with Gasteiger partial charge in [-0.2, -0.15) is 0 Å². The molecule has 0 unspecified atom stereocenters. The number of carbonyl (C=O) groups excluding carboxylic acids is 3. The first-order valence-electron chi connectivity index (χ1n) is 9.42. The van der Waals surface area contributed by atoms with Crippen LogP contribution in [0.2, 0.25) is 0 Å². The summed E-state index contributed by atoms with van der Waals surface area (Å²) in [6, 6.07) is 9.82. The molecule has 0 fully saturated rings. The molecule has 2 aromatic heterocycles. The summed E-state index contributed by atoms with van der Waals surface area (Å²) in [6.45, 7) is 1.74. The summed E-state index contributed by atoms with van der Waals surface area (Å²) < 4.78 is 10.7. The Hall–Kier alpha value is -4.40. The number of esters is 1. The Kier molecular flexibility index (Phi) is 5.23. The third-order valence-corrected chi connectivity index (χ3v) is 4.57. The number of nitrogens with zero attached hydrogens (tertiary/aromatic N) is 1. The van der Waals surface area contributed by atoms with Gasteiger partial charge >= 0.3 is 5.97 Å². The number of hydrogen-bond acceptors (Lipinski definition) is 7. The molecule has 9 heteroatoms. The summed E-state index contributed by atoms with van der Waals surface area (Å²) >= 11 is 0. The van der Waals surface area contributed by atoms with Gasteiger partial charge in [-0.3, -0.25) is 9.59 Å². The number of Topliss-reactive ketones (excluding diaryl/α,β-unsaturated/α-hetero) is 1. The maximum absolute atomic E-state index is 12.9. The van der Waals surface area contributed by atoms with Crippen LogP contribution in [0.5, 0.6) is 0 Å². The summed E-state index contributed by atoms with van der Waals surface area (Å²) in [5.41, 5.74) is 7.16. The lowest BCUT2D eigenvalue weighted by molar-refractivity contribution is -0.139. The molecule has 3 aromatic rings. The Labute approximate surface area is 176 Å². The van der Waals surface area contributed by atoms with Crippen LogP contribution in [0.1, 0.15) is 22.8 Å². The number of nitrogens with one attached hydrogen (secondary N) is 2. The molecule has 4 N–H and O–H groups in total. The largest absolute Gasteiger partial charge is 0.462 e. The number of hydrogen-bond donors (Lipinski definition) is 3. The van der Waals surface area contributed by atoms with Crippen molar-refractivity contribution in [2.24, 2.45) is 5.73 Å². The van der Waals surface area contributed by atoms with E-state index in [4.69, 9.17) is 15.2 Å².